The number of anilines is 1. The summed E-state index contributed by atoms with van der Waals surface area (Å²) in [6, 6.07) is 6.34. The summed E-state index contributed by atoms with van der Waals surface area (Å²) < 4.78 is 19.0. The summed E-state index contributed by atoms with van der Waals surface area (Å²) in [6.45, 7) is 8.72. The average molecular weight is 421 g/mol. The lowest BCUT2D eigenvalue weighted by Gasteiger charge is -2.28. The minimum Gasteiger partial charge on any atom is -0.381 e. The SMILES string of the molecule is CCC(CNC1=NCCN1C(=S)Nc1cccc(F)c1)CC(CC)C1CCOC1. The second-order valence-corrected chi connectivity index (χ2v) is 8.37. The van der Waals surface area contributed by atoms with Gasteiger partial charge in [-0.3, -0.25) is 9.89 Å². The van der Waals surface area contributed by atoms with E-state index in [9.17, 15) is 4.39 Å². The topological polar surface area (TPSA) is 48.9 Å². The molecule has 0 aliphatic carbocycles. The lowest BCUT2D eigenvalue weighted by molar-refractivity contribution is 0.162. The van der Waals surface area contributed by atoms with Crippen LogP contribution in [0.25, 0.3) is 0 Å². The van der Waals surface area contributed by atoms with Gasteiger partial charge in [0.15, 0.2) is 11.1 Å². The third-order valence-electron chi connectivity index (χ3n) is 6.08. The normalized spacial score (nSPS) is 21.0. The van der Waals surface area contributed by atoms with Gasteiger partial charge in [0.1, 0.15) is 5.82 Å². The Morgan fingerprint density at radius 3 is 2.93 bits per heavy atom. The van der Waals surface area contributed by atoms with Crippen molar-refractivity contribution in [1.82, 2.24) is 10.2 Å². The Kier molecular flexibility index (Phi) is 8.24. The van der Waals surface area contributed by atoms with E-state index in [2.05, 4.69) is 29.5 Å². The number of hydrogen-bond acceptors (Lipinski definition) is 4. The standard InChI is InChI=1S/C22H33FN4OS/c1-3-16(12-17(4-2)18-8-11-28-15-18)14-25-21-24-9-10-27(21)22(29)26-20-7-5-6-19(23)13-20/h5-7,13,16-18H,3-4,8-12,14-15H2,1-2H3,(H,24,25)(H,26,29). The van der Waals surface area contributed by atoms with Crippen LogP contribution in [0, 0.1) is 23.6 Å². The summed E-state index contributed by atoms with van der Waals surface area (Å²) in [7, 11) is 0. The predicted molar refractivity (Wildman–Crippen MR) is 121 cm³/mol. The van der Waals surface area contributed by atoms with Crippen molar-refractivity contribution >= 4 is 29.0 Å². The molecule has 1 aromatic carbocycles. The molecule has 0 bridgehead atoms. The summed E-state index contributed by atoms with van der Waals surface area (Å²) in [4.78, 5) is 6.56. The van der Waals surface area contributed by atoms with Crippen LogP contribution in [-0.2, 0) is 4.74 Å². The van der Waals surface area contributed by atoms with Crippen LogP contribution >= 0.6 is 12.2 Å². The van der Waals surface area contributed by atoms with Gasteiger partial charge in [-0.25, -0.2) is 4.39 Å². The first kappa shape index (κ1) is 22.0. The molecule has 29 heavy (non-hydrogen) atoms. The number of rotatable bonds is 8. The van der Waals surface area contributed by atoms with E-state index in [1.54, 1.807) is 12.1 Å². The van der Waals surface area contributed by atoms with Crippen molar-refractivity contribution < 1.29 is 9.13 Å². The molecule has 0 aromatic heterocycles. The highest BCUT2D eigenvalue weighted by molar-refractivity contribution is 7.80. The summed E-state index contributed by atoms with van der Waals surface area (Å²) >= 11 is 5.54. The number of guanidine groups is 1. The van der Waals surface area contributed by atoms with E-state index in [-0.39, 0.29) is 5.82 Å². The fraction of sp³-hybridized carbons (Fsp3) is 0.636. The van der Waals surface area contributed by atoms with Crippen LogP contribution in [0.2, 0.25) is 0 Å². The van der Waals surface area contributed by atoms with Crippen molar-refractivity contribution in [3.63, 3.8) is 0 Å². The molecule has 160 valence electrons. The van der Waals surface area contributed by atoms with Gasteiger partial charge in [-0.2, -0.15) is 0 Å². The lowest BCUT2D eigenvalue weighted by Crippen LogP contribution is -2.45. The minimum atomic E-state index is -0.282. The molecule has 1 saturated heterocycles. The van der Waals surface area contributed by atoms with Crippen molar-refractivity contribution in [2.45, 2.75) is 39.5 Å². The van der Waals surface area contributed by atoms with E-state index in [1.165, 1.54) is 31.4 Å². The molecule has 1 fully saturated rings. The van der Waals surface area contributed by atoms with Crippen LogP contribution in [0.4, 0.5) is 10.1 Å². The largest absolute Gasteiger partial charge is 0.381 e. The van der Waals surface area contributed by atoms with E-state index in [4.69, 9.17) is 17.0 Å². The maximum absolute atomic E-state index is 13.4. The van der Waals surface area contributed by atoms with Crippen LogP contribution in [0.1, 0.15) is 39.5 Å². The second-order valence-electron chi connectivity index (χ2n) is 7.98. The van der Waals surface area contributed by atoms with Crippen molar-refractivity contribution in [3.8, 4) is 0 Å². The summed E-state index contributed by atoms with van der Waals surface area (Å²) in [6.07, 6.45) is 4.76. The maximum Gasteiger partial charge on any atom is 0.200 e. The third-order valence-corrected chi connectivity index (χ3v) is 6.40. The van der Waals surface area contributed by atoms with Crippen molar-refractivity contribution in [3.05, 3.63) is 30.1 Å². The molecule has 3 rings (SSSR count). The van der Waals surface area contributed by atoms with Gasteiger partial charge >= 0.3 is 0 Å². The smallest absolute Gasteiger partial charge is 0.200 e. The number of nitrogens with one attached hydrogen (secondary N) is 2. The van der Waals surface area contributed by atoms with Gasteiger partial charge in [0, 0.05) is 32.0 Å². The van der Waals surface area contributed by atoms with Crippen LogP contribution in [0.5, 0.6) is 0 Å². The molecule has 1 aromatic rings. The molecule has 7 heteroatoms. The molecule has 2 aliphatic rings. The highest BCUT2D eigenvalue weighted by Crippen LogP contribution is 2.30. The van der Waals surface area contributed by atoms with E-state index in [0.717, 1.165) is 44.6 Å². The molecular weight excluding hydrogens is 387 g/mol. The Morgan fingerprint density at radius 2 is 2.24 bits per heavy atom. The van der Waals surface area contributed by atoms with Gasteiger partial charge in [0.2, 0.25) is 0 Å². The fourth-order valence-corrected chi connectivity index (χ4v) is 4.52. The highest BCUT2D eigenvalue weighted by atomic mass is 32.1. The average Bonchev–Trinajstić information content (AvgIpc) is 3.40. The molecule has 0 amide bonds. The molecule has 0 saturated carbocycles. The zero-order chi connectivity index (χ0) is 20.6. The van der Waals surface area contributed by atoms with Crippen LogP contribution in [0.3, 0.4) is 0 Å². The molecule has 0 radical (unpaired) electrons. The predicted octanol–water partition coefficient (Wildman–Crippen LogP) is 4.26. The van der Waals surface area contributed by atoms with Crippen LogP contribution in [0.15, 0.2) is 29.3 Å². The number of halogens is 1. The monoisotopic (exact) mass is 420 g/mol. The zero-order valence-electron chi connectivity index (χ0n) is 17.5. The number of hydrogen-bond donors (Lipinski definition) is 2. The van der Waals surface area contributed by atoms with Gasteiger partial charge in [-0.05, 0) is 61.0 Å². The maximum atomic E-state index is 13.4. The second kappa shape index (κ2) is 10.9. The Bertz CT molecular complexity index is 708. The highest BCUT2D eigenvalue weighted by Gasteiger charge is 2.27. The lowest BCUT2D eigenvalue weighted by atomic mass is 9.81. The van der Waals surface area contributed by atoms with E-state index >= 15 is 0 Å². The molecule has 3 atom stereocenters. The summed E-state index contributed by atoms with van der Waals surface area (Å²) in [5.74, 6) is 2.55. The van der Waals surface area contributed by atoms with E-state index in [0.29, 0.717) is 29.2 Å². The molecule has 0 spiro atoms. The number of thiocarbonyl (C=S) groups is 1. The van der Waals surface area contributed by atoms with Gasteiger partial charge in [-0.1, -0.05) is 32.8 Å². The van der Waals surface area contributed by atoms with E-state index in [1.807, 2.05) is 4.90 Å². The van der Waals surface area contributed by atoms with Gasteiger partial charge < -0.3 is 15.4 Å². The van der Waals surface area contributed by atoms with Gasteiger partial charge in [0.25, 0.3) is 0 Å². The molecular formula is C22H33FN4OS. The Hall–Kier alpha value is -1.73. The van der Waals surface area contributed by atoms with Crippen molar-refractivity contribution in [1.29, 1.82) is 0 Å². The quantitative estimate of drug-likeness (QED) is 0.616. The van der Waals surface area contributed by atoms with Crippen molar-refractivity contribution in [2.75, 3.05) is 38.2 Å². The number of ether oxygens (including phenoxy) is 1. The Morgan fingerprint density at radius 1 is 1.38 bits per heavy atom. The van der Waals surface area contributed by atoms with E-state index < -0.39 is 0 Å². The Balaban J connectivity index is 1.52. The summed E-state index contributed by atoms with van der Waals surface area (Å²) in [5.41, 5.74) is 0.650. The third kappa shape index (κ3) is 6.12. The number of benzene rings is 1. The van der Waals surface area contributed by atoms with Crippen LogP contribution in [-0.4, -0.2) is 48.8 Å². The fourth-order valence-electron chi connectivity index (χ4n) is 4.23. The number of nitrogens with zero attached hydrogens (tertiary/aromatic N) is 2. The first-order valence-electron chi connectivity index (χ1n) is 10.8. The molecule has 2 heterocycles. The zero-order valence-corrected chi connectivity index (χ0v) is 18.3. The Labute approximate surface area is 179 Å². The van der Waals surface area contributed by atoms with Gasteiger partial charge in [-0.15, -0.1) is 0 Å². The first-order valence-corrected chi connectivity index (χ1v) is 11.2. The molecule has 2 aliphatic heterocycles. The molecule has 5 nitrogen and oxygen atoms in total. The number of aliphatic imine (C=N–C) groups is 1. The molecule has 2 N–H and O–H groups in total. The van der Waals surface area contributed by atoms with Crippen LogP contribution < -0.4 is 10.6 Å². The minimum absolute atomic E-state index is 0.282. The molecule has 3 unspecified atom stereocenters. The van der Waals surface area contributed by atoms with Crippen molar-refractivity contribution in [2.24, 2.45) is 22.7 Å². The summed E-state index contributed by atoms with van der Waals surface area (Å²) in [5, 5.41) is 7.18. The van der Waals surface area contributed by atoms with Gasteiger partial charge in [0.05, 0.1) is 6.54 Å². The first-order chi connectivity index (χ1) is 14.1.